The largest absolute Gasteiger partial charge is 0.493 e. The van der Waals surface area contributed by atoms with E-state index in [1.54, 1.807) is 24.0 Å². The Morgan fingerprint density at radius 1 is 0.875 bits per heavy atom. The van der Waals surface area contributed by atoms with Crippen LogP contribution in [0.4, 0.5) is 5.69 Å². The van der Waals surface area contributed by atoms with Crippen LogP contribution in [0, 0.1) is 11.3 Å². The molecular weight excluding hydrogens is 600 g/mol. The van der Waals surface area contributed by atoms with Crippen LogP contribution in [0.5, 0.6) is 0 Å². The van der Waals surface area contributed by atoms with E-state index in [9.17, 15) is 15.2 Å². The highest BCUT2D eigenvalue weighted by atomic mass is 16.3. The molecule has 1 aliphatic rings. The highest BCUT2D eigenvalue weighted by molar-refractivity contribution is 5.99. The Labute approximate surface area is 291 Å². The molecular formula is C38H64N8O2. The van der Waals surface area contributed by atoms with Gasteiger partial charge in [0, 0.05) is 37.8 Å². The molecule has 0 saturated carbocycles. The fourth-order valence-electron chi connectivity index (χ4n) is 5.75. The highest BCUT2D eigenvalue weighted by Gasteiger charge is 2.28. The van der Waals surface area contributed by atoms with E-state index in [2.05, 4.69) is 73.8 Å². The lowest BCUT2D eigenvalue weighted by Gasteiger charge is -2.32. The van der Waals surface area contributed by atoms with Crippen LogP contribution in [0.15, 0.2) is 57.2 Å². The first-order chi connectivity index (χ1) is 23.3. The van der Waals surface area contributed by atoms with Crippen LogP contribution in [0.1, 0.15) is 117 Å². The summed E-state index contributed by atoms with van der Waals surface area (Å²) in [5.74, 6) is -0.0854. The first kappa shape index (κ1) is 40.9. The van der Waals surface area contributed by atoms with E-state index in [0.29, 0.717) is 48.6 Å². The van der Waals surface area contributed by atoms with Crippen LogP contribution < -0.4 is 16.0 Å². The molecule has 3 atom stereocenters. The third-order valence-corrected chi connectivity index (χ3v) is 9.17. The van der Waals surface area contributed by atoms with Crippen LogP contribution in [0.3, 0.4) is 0 Å². The molecule has 0 aromatic heterocycles. The van der Waals surface area contributed by atoms with Crippen LogP contribution in [-0.2, 0) is 0 Å². The van der Waals surface area contributed by atoms with Gasteiger partial charge in [0.05, 0.1) is 29.4 Å². The fourth-order valence-corrected chi connectivity index (χ4v) is 5.75. The van der Waals surface area contributed by atoms with Gasteiger partial charge in [-0.3, -0.25) is 4.79 Å². The third-order valence-electron chi connectivity index (χ3n) is 9.17. The summed E-state index contributed by atoms with van der Waals surface area (Å²) < 4.78 is 0. The first-order valence-corrected chi connectivity index (χ1v) is 18.6. The van der Waals surface area contributed by atoms with E-state index in [-0.39, 0.29) is 35.6 Å². The topological polar surface area (TPSA) is 128 Å². The minimum Gasteiger partial charge on any atom is -0.493 e. The number of unbranched alkanes of at least 4 members (excludes halogenated alkanes) is 3. The van der Waals surface area contributed by atoms with Gasteiger partial charge in [0.1, 0.15) is 5.70 Å². The summed E-state index contributed by atoms with van der Waals surface area (Å²) in [6.45, 7) is 19.6. The Morgan fingerprint density at radius 2 is 1.40 bits per heavy atom. The molecule has 1 aromatic carbocycles. The number of hydrogen-bond donors (Lipinski definition) is 4. The normalized spacial score (nSPS) is 15.6. The van der Waals surface area contributed by atoms with Crippen molar-refractivity contribution in [3.05, 3.63) is 52.6 Å². The summed E-state index contributed by atoms with van der Waals surface area (Å²) in [4.78, 5) is 18.1. The maximum atomic E-state index is 14.4. The quantitative estimate of drug-likeness (QED) is 0.0662. The van der Waals surface area contributed by atoms with Gasteiger partial charge in [-0.25, -0.2) is 0 Å². The highest BCUT2D eigenvalue weighted by Crippen LogP contribution is 2.30. The Kier molecular flexibility index (Phi) is 19.7. The second-order valence-corrected chi connectivity index (χ2v) is 12.9. The van der Waals surface area contributed by atoms with Gasteiger partial charge in [0.2, 0.25) is 5.88 Å². The molecule has 48 heavy (non-hydrogen) atoms. The van der Waals surface area contributed by atoms with Gasteiger partial charge in [-0.2, -0.15) is 5.26 Å². The average Bonchev–Trinajstić information content (AvgIpc) is 3.10. The van der Waals surface area contributed by atoms with Crippen molar-refractivity contribution in [1.82, 2.24) is 25.8 Å². The van der Waals surface area contributed by atoms with E-state index in [0.717, 1.165) is 77.4 Å². The number of rotatable bonds is 24. The molecule has 3 unspecified atom stereocenters. The standard InChI is InChI=1S/C38H64N8O2/c1-8-14-21-40-31(11-4)26-45-25-30(24-39)29(7)36(38(45)48)44-43-35-20-18-17-19-34(35)37(47)46(27-32(12-5)41-22-15-9-2)28-33(13-6)42-23-16-10-3/h17-20,31-33,40-42,48H,8-16,21-23,25-28H2,1-7H3/b44-43+. The molecule has 0 saturated heterocycles. The number of nitriles is 1. The zero-order chi connectivity index (χ0) is 35.3. The van der Waals surface area contributed by atoms with Crippen molar-refractivity contribution in [3.63, 3.8) is 0 Å². The Hall–Kier alpha value is -3.26. The molecule has 1 aromatic rings. The molecule has 1 aliphatic heterocycles. The molecule has 10 nitrogen and oxygen atoms in total. The molecule has 2 rings (SSSR count). The van der Waals surface area contributed by atoms with Gasteiger partial charge < -0.3 is 30.9 Å². The van der Waals surface area contributed by atoms with E-state index in [4.69, 9.17) is 0 Å². The maximum absolute atomic E-state index is 14.4. The van der Waals surface area contributed by atoms with Gasteiger partial charge in [0.25, 0.3) is 5.91 Å². The first-order valence-electron chi connectivity index (χ1n) is 18.6. The van der Waals surface area contributed by atoms with E-state index < -0.39 is 0 Å². The van der Waals surface area contributed by atoms with Gasteiger partial charge in [-0.1, -0.05) is 72.9 Å². The van der Waals surface area contributed by atoms with Crippen LogP contribution in [-0.4, -0.2) is 84.8 Å². The number of amides is 1. The van der Waals surface area contributed by atoms with Crippen molar-refractivity contribution in [2.75, 3.05) is 45.8 Å². The van der Waals surface area contributed by atoms with Crippen molar-refractivity contribution in [2.24, 2.45) is 10.2 Å². The molecule has 0 spiro atoms. The molecule has 0 fully saturated rings. The number of allylic oxidation sites excluding steroid dienone is 1. The van der Waals surface area contributed by atoms with Crippen LogP contribution in [0.2, 0.25) is 0 Å². The molecule has 0 aliphatic carbocycles. The van der Waals surface area contributed by atoms with Gasteiger partial charge in [-0.15, -0.1) is 10.2 Å². The summed E-state index contributed by atoms with van der Waals surface area (Å²) in [5.41, 5.74) is 2.30. The number of aliphatic hydroxyl groups excluding tert-OH is 1. The SMILES string of the molecule is CCCCNC(CC)CN(CC(CC)NCCCC)C(=O)c1ccccc1/N=N/C1=C(O)N(CC(CC)NCCCC)CC(C#N)=C1C. The molecule has 0 bridgehead atoms. The Morgan fingerprint density at radius 3 is 1.90 bits per heavy atom. The molecule has 4 N–H and O–H groups in total. The van der Waals surface area contributed by atoms with Crippen molar-refractivity contribution in [3.8, 4) is 6.07 Å². The summed E-state index contributed by atoms with van der Waals surface area (Å²) in [5, 5.41) is 41.3. The minimum atomic E-state index is -0.0894. The smallest absolute Gasteiger partial charge is 0.256 e. The zero-order valence-electron chi connectivity index (χ0n) is 30.9. The summed E-state index contributed by atoms with van der Waals surface area (Å²) in [6, 6.07) is 10.1. The Balaban J connectivity index is 2.44. The predicted molar refractivity (Wildman–Crippen MR) is 197 cm³/mol. The number of nitrogens with zero attached hydrogens (tertiary/aromatic N) is 5. The van der Waals surface area contributed by atoms with Crippen LogP contribution in [0.25, 0.3) is 0 Å². The van der Waals surface area contributed by atoms with Gasteiger partial charge >= 0.3 is 0 Å². The second-order valence-electron chi connectivity index (χ2n) is 12.9. The van der Waals surface area contributed by atoms with Crippen molar-refractivity contribution >= 4 is 11.6 Å². The van der Waals surface area contributed by atoms with Crippen molar-refractivity contribution in [1.29, 1.82) is 5.26 Å². The van der Waals surface area contributed by atoms with E-state index >= 15 is 0 Å². The second kappa shape index (κ2) is 23.2. The monoisotopic (exact) mass is 665 g/mol. The number of nitrogens with one attached hydrogen (secondary N) is 3. The summed E-state index contributed by atoms with van der Waals surface area (Å²) >= 11 is 0. The lowest BCUT2D eigenvalue weighted by atomic mass is 10.0. The van der Waals surface area contributed by atoms with Gasteiger partial charge in [-0.05, 0) is 82.8 Å². The number of carbonyl (C=O) groups is 1. The number of carbonyl (C=O) groups excluding carboxylic acids is 1. The average molecular weight is 665 g/mol. The summed E-state index contributed by atoms with van der Waals surface area (Å²) in [6.07, 6.45) is 9.34. The van der Waals surface area contributed by atoms with E-state index in [1.165, 1.54) is 0 Å². The van der Waals surface area contributed by atoms with E-state index in [1.807, 2.05) is 17.0 Å². The predicted octanol–water partition coefficient (Wildman–Crippen LogP) is 7.60. The summed E-state index contributed by atoms with van der Waals surface area (Å²) in [7, 11) is 0. The molecule has 0 radical (unpaired) electrons. The third kappa shape index (κ3) is 13.0. The maximum Gasteiger partial charge on any atom is 0.256 e. The number of azo groups is 1. The fraction of sp³-hybridized carbons (Fsp3) is 0.684. The minimum absolute atomic E-state index is 0.00399. The molecule has 268 valence electrons. The lowest BCUT2D eigenvalue weighted by Crippen LogP contribution is -2.49. The number of aliphatic hydroxyl groups is 1. The van der Waals surface area contributed by atoms with Gasteiger partial charge in [0.15, 0.2) is 0 Å². The molecule has 1 amide bonds. The zero-order valence-corrected chi connectivity index (χ0v) is 30.9. The number of benzene rings is 1. The molecule has 10 heteroatoms. The molecule has 1 heterocycles. The van der Waals surface area contributed by atoms with Crippen molar-refractivity contribution < 1.29 is 9.90 Å². The van der Waals surface area contributed by atoms with Crippen molar-refractivity contribution in [2.45, 2.75) is 124 Å². The lowest BCUT2D eigenvalue weighted by molar-refractivity contribution is 0.0718. The number of hydrogen-bond acceptors (Lipinski definition) is 9. The Bertz CT molecular complexity index is 1220. The van der Waals surface area contributed by atoms with Crippen LogP contribution >= 0.6 is 0 Å².